The van der Waals surface area contributed by atoms with Gasteiger partial charge in [0.05, 0.1) is 18.1 Å². The molecule has 5 nitrogen and oxygen atoms in total. The summed E-state index contributed by atoms with van der Waals surface area (Å²) in [6.07, 6.45) is 5.64. The molecule has 25 heavy (non-hydrogen) atoms. The fraction of sp³-hybridized carbons (Fsp3) is 0.667. The average Bonchev–Trinajstić information content (AvgIpc) is 3.23. The molecule has 2 fully saturated rings. The van der Waals surface area contributed by atoms with E-state index in [-0.39, 0.29) is 11.7 Å². The first-order chi connectivity index (χ1) is 12.1. The molecule has 1 saturated carbocycles. The Labute approximate surface area is 155 Å². The van der Waals surface area contributed by atoms with Crippen molar-refractivity contribution in [1.29, 1.82) is 0 Å². The largest absolute Gasteiger partial charge is 0.355 e. The minimum Gasteiger partial charge on any atom is -0.355 e. The molecular weight excluding hydrogens is 356 g/mol. The first kappa shape index (κ1) is 17.5. The third-order valence-electron chi connectivity index (χ3n) is 5.26. The van der Waals surface area contributed by atoms with Gasteiger partial charge in [-0.1, -0.05) is 24.6 Å². The number of fused-ring (bicyclic) bond motifs is 1. The zero-order chi connectivity index (χ0) is 17.4. The number of hydrogen-bond donors (Lipinski definition) is 0. The van der Waals surface area contributed by atoms with E-state index in [0.29, 0.717) is 12.8 Å². The lowest BCUT2D eigenvalue weighted by Gasteiger charge is -2.23. The Bertz CT molecular complexity index is 818. The molecule has 0 radical (unpaired) electrons. The van der Waals surface area contributed by atoms with E-state index in [2.05, 4.69) is 6.92 Å². The SMILES string of the molecule is Cc1sc2nc(SC[C@@H]3CCOCO3)n(C3CCCC3)c(=O)c2c1C. The van der Waals surface area contributed by atoms with Gasteiger partial charge in [-0.2, -0.15) is 0 Å². The smallest absolute Gasteiger partial charge is 0.263 e. The number of aromatic nitrogens is 2. The van der Waals surface area contributed by atoms with Crippen molar-refractivity contribution in [2.75, 3.05) is 19.2 Å². The molecular formula is C18H24N2O3S2. The number of rotatable bonds is 4. The second-order valence-electron chi connectivity index (χ2n) is 6.89. The van der Waals surface area contributed by atoms with E-state index >= 15 is 0 Å². The second kappa shape index (κ2) is 7.39. The van der Waals surface area contributed by atoms with Crippen molar-refractivity contribution in [3.63, 3.8) is 0 Å². The monoisotopic (exact) mass is 380 g/mol. The van der Waals surface area contributed by atoms with Crippen LogP contribution in [0.3, 0.4) is 0 Å². The van der Waals surface area contributed by atoms with Gasteiger partial charge in [0.25, 0.3) is 5.56 Å². The number of aryl methyl sites for hydroxylation is 2. The molecule has 0 bridgehead atoms. The van der Waals surface area contributed by atoms with E-state index in [1.165, 1.54) is 17.7 Å². The fourth-order valence-corrected chi connectivity index (χ4v) is 5.88. The van der Waals surface area contributed by atoms with Crippen LogP contribution in [0.15, 0.2) is 9.95 Å². The van der Waals surface area contributed by atoms with Gasteiger partial charge in [-0.3, -0.25) is 9.36 Å². The van der Waals surface area contributed by atoms with E-state index < -0.39 is 0 Å². The minimum atomic E-state index is 0.147. The van der Waals surface area contributed by atoms with Gasteiger partial charge in [0, 0.05) is 16.7 Å². The summed E-state index contributed by atoms with van der Waals surface area (Å²) in [5, 5.41) is 1.68. The van der Waals surface area contributed by atoms with Crippen LogP contribution in [-0.4, -0.2) is 34.8 Å². The Balaban J connectivity index is 1.72. The first-order valence-corrected chi connectivity index (χ1v) is 10.8. The molecule has 0 N–H and O–H groups in total. The highest BCUT2D eigenvalue weighted by Crippen LogP contribution is 2.35. The maximum absolute atomic E-state index is 13.3. The fourth-order valence-electron chi connectivity index (χ4n) is 3.67. The lowest BCUT2D eigenvalue weighted by Crippen LogP contribution is -2.28. The number of ether oxygens (including phenoxy) is 2. The van der Waals surface area contributed by atoms with Crippen molar-refractivity contribution in [2.45, 2.75) is 63.3 Å². The number of thioether (sulfide) groups is 1. The number of nitrogens with zero attached hydrogens (tertiary/aromatic N) is 2. The standard InChI is InChI=1S/C18H24N2O3S2/c1-11-12(2)25-16-15(11)17(21)20(13-5-3-4-6-13)18(19-16)24-9-14-7-8-22-10-23-14/h13-14H,3-10H2,1-2H3/t14-/m0/s1. The summed E-state index contributed by atoms with van der Waals surface area (Å²) in [6, 6.07) is 0.294. The predicted octanol–water partition coefficient (Wildman–Crippen LogP) is 4.05. The van der Waals surface area contributed by atoms with Crippen molar-refractivity contribution in [1.82, 2.24) is 9.55 Å². The van der Waals surface area contributed by atoms with E-state index in [1.54, 1.807) is 23.1 Å². The Morgan fingerprint density at radius 2 is 2.08 bits per heavy atom. The van der Waals surface area contributed by atoms with Gasteiger partial charge >= 0.3 is 0 Å². The molecule has 2 aliphatic rings. The van der Waals surface area contributed by atoms with Crippen molar-refractivity contribution in [3.8, 4) is 0 Å². The number of hydrogen-bond acceptors (Lipinski definition) is 6. The first-order valence-electron chi connectivity index (χ1n) is 8.99. The maximum Gasteiger partial charge on any atom is 0.263 e. The highest BCUT2D eigenvalue weighted by molar-refractivity contribution is 7.99. The Morgan fingerprint density at radius 3 is 2.80 bits per heavy atom. The summed E-state index contributed by atoms with van der Waals surface area (Å²) in [7, 11) is 0. The second-order valence-corrected chi connectivity index (χ2v) is 9.08. The molecule has 0 spiro atoms. The molecule has 1 atom stereocenters. The van der Waals surface area contributed by atoms with Gasteiger partial charge in [0.2, 0.25) is 0 Å². The zero-order valence-electron chi connectivity index (χ0n) is 14.7. The molecule has 0 unspecified atom stereocenters. The van der Waals surface area contributed by atoms with Crippen LogP contribution in [0.5, 0.6) is 0 Å². The van der Waals surface area contributed by atoms with Crippen molar-refractivity contribution >= 4 is 33.3 Å². The van der Waals surface area contributed by atoms with Crippen molar-refractivity contribution < 1.29 is 9.47 Å². The van der Waals surface area contributed by atoms with Crippen molar-refractivity contribution in [2.24, 2.45) is 0 Å². The zero-order valence-corrected chi connectivity index (χ0v) is 16.4. The number of thiophene rings is 1. The summed E-state index contributed by atoms with van der Waals surface area (Å²) < 4.78 is 12.9. The topological polar surface area (TPSA) is 53.4 Å². The molecule has 4 rings (SSSR count). The predicted molar refractivity (Wildman–Crippen MR) is 102 cm³/mol. The van der Waals surface area contributed by atoms with Crippen LogP contribution < -0.4 is 5.56 Å². The molecule has 136 valence electrons. The molecule has 0 amide bonds. The molecule has 0 aromatic carbocycles. The minimum absolute atomic E-state index is 0.147. The van der Waals surface area contributed by atoms with Crippen LogP contribution >= 0.6 is 23.1 Å². The summed E-state index contributed by atoms with van der Waals surface area (Å²) in [5.74, 6) is 0.817. The third-order valence-corrected chi connectivity index (χ3v) is 7.45. The van der Waals surface area contributed by atoms with Crippen LogP contribution in [0.25, 0.3) is 10.2 Å². The van der Waals surface area contributed by atoms with Gasteiger partial charge in [-0.15, -0.1) is 11.3 Å². The summed E-state index contributed by atoms with van der Waals surface area (Å²) in [6.45, 7) is 5.23. The molecule has 1 aliphatic heterocycles. The normalized spacial score (nSPS) is 22.1. The Kier molecular flexibility index (Phi) is 5.18. The summed E-state index contributed by atoms with van der Waals surface area (Å²) in [5.41, 5.74) is 1.24. The van der Waals surface area contributed by atoms with Gasteiger partial charge in [0.15, 0.2) is 5.16 Å². The summed E-state index contributed by atoms with van der Waals surface area (Å²) in [4.78, 5) is 20.3. The van der Waals surface area contributed by atoms with Crippen LogP contribution in [0.1, 0.15) is 48.6 Å². The Morgan fingerprint density at radius 1 is 1.28 bits per heavy atom. The van der Waals surface area contributed by atoms with Crippen LogP contribution in [-0.2, 0) is 9.47 Å². The third kappa shape index (κ3) is 3.39. The highest BCUT2D eigenvalue weighted by Gasteiger charge is 2.25. The van der Waals surface area contributed by atoms with E-state index in [0.717, 1.165) is 52.6 Å². The van der Waals surface area contributed by atoms with Gasteiger partial charge in [-0.25, -0.2) is 4.98 Å². The van der Waals surface area contributed by atoms with Gasteiger partial charge < -0.3 is 9.47 Å². The van der Waals surface area contributed by atoms with Crippen LogP contribution in [0.2, 0.25) is 0 Å². The maximum atomic E-state index is 13.3. The van der Waals surface area contributed by atoms with Crippen LogP contribution in [0.4, 0.5) is 0 Å². The lowest BCUT2D eigenvalue weighted by molar-refractivity contribution is -0.130. The average molecular weight is 381 g/mol. The van der Waals surface area contributed by atoms with E-state index in [1.807, 2.05) is 11.5 Å². The quantitative estimate of drug-likeness (QED) is 0.592. The van der Waals surface area contributed by atoms with E-state index in [4.69, 9.17) is 14.5 Å². The van der Waals surface area contributed by atoms with E-state index in [9.17, 15) is 4.79 Å². The molecule has 2 aromatic heterocycles. The molecule has 1 saturated heterocycles. The highest BCUT2D eigenvalue weighted by atomic mass is 32.2. The van der Waals surface area contributed by atoms with Gasteiger partial charge in [-0.05, 0) is 38.7 Å². The Hall–Kier alpha value is -0.890. The van der Waals surface area contributed by atoms with Crippen molar-refractivity contribution in [3.05, 3.63) is 20.8 Å². The lowest BCUT2D eigenvalue weighted by atomic mass is 10.2. The molecule has 1 aliphatic carbocycles. The molecule has 3 heterocycles. The van der Waals surface area contributed by atoms with Crippen LogP contribution in [0, 0.1) is 13.8 Å². The summed E-state index contributed by atoms with van der Waals surface area (Å²) >= 11 is 3.29. The molecule has 7 heteroatoms. The van der Waals surface area contributed by atoms with Gasteiger partial charge in [0.1, 0.15) is 11.6 Å². The molecule has 2 aromatic rings.